The number of nitrogens with zero attached hydrogens (tertiary/aromatic N) is 2. The van der Waals surface area contributed by atoms with E-state index in [0.29, 0.717) is 12.1 Å². The van der Waals surface area contributed by atoms with Gasteiger partial charge in [-0.3, -0.25) is 5.43 Å². The Kier molecular flexibility index (Phi) is 3.54. The molecule has 0 aromatic rings. The number of hydrazine groups is 1. The minimum absolute atomic E-state index is 0.291. The molecule has 0 aliphatic carbocycles. The molecule has 0 aromatic heterocycles. The lowest BCUT2D eigenvalue weighted by atomic mass is 10.2. The third kappa shape index (κ3) is 2.59. The monoisotopic (exact) mass is 184 g/mol. The summed E-state index contributed by atoms with van der Waals surface area (Å²) in [4.78, 5) is 6.67. The summed E-state index contributed by atoms with van der Waals surface area (Å²) in [6.45, 7) is 7.38. The zero-order chi connectivity index (χ0) is 9.84. The quantitative estimate of drug-likeness (QED) is 0.273. The maximum absolute atomic E-state index is 5.44. The summed E-state index contributed by atoms with van der Waals surface area (Å²) in [5, 5.41) is 0. The van der Waals surface area contributed by atoms with Gasteiger partial charge >= 0.3 is 0 Å². The van der Waals surface area contributed by atoms with E-state index in [-0.39, 0.29) is 0 Å². The molecule has 4 nitrogen and oxygen atoms in total. The van der Waals surface area contributed by atoms with Gasteiger partial charge in [0.15, 0.2) is 0 Å². The van der Waals surface area contributed by atoms with Crippen LogP contribution in [0.4, 0.5) is 0 Å². The van der Waals surface area contributed by atoms with Gasteiger partial charge in [0.25, 0.3) is 0 Å². The second kappa shape index (κ2) is 4.46. The highest BCUT2D eigenvalue weighted by atomic mass is 15.4. The molecule has 1 rings (SSSR count). The molecule has 1 atom stereocenters. The van der Waals surface area contributed by atoms with Crippen LogP contribution in [0, 0.1) is 0 Å². The number of nitrogens with one attached hydrogen (secondary N) is 1. The Balaban J connectivity index is 2.65. The predicted molar refractivity (Wildman–Crippen MR) is 55.3 cm³/mol. The Labute approximate surface area is 80.2 Å². The molecule has 1 heterocycles. The molecule has 1 aliphatic heterocycles. The van der Waals surface area contributed by atoms with Crippen molar-refractivity contribution in [3.05, 3.63) is 0 Å². The van der Waals surface area contributed by atoms with E-state index in [1.165, 1.54) is 12.8 Å². The molecule has 0 bridgehead atoms. The van der Waals surface area contributed by atoms with Gasteiger partial charge in [-0.15, -0.1) is 0 Å². The fourth-order valence-corrected chi connectivity index (χ4v) is 1.69. The summed E-state index contributed by atoms with van der Waals surface area (Å²) in [7, 11) is 0. The third-order valence-electron chi connectivity index (χ3n) is 2.33. The molecule has 3 N–H and O–H groups in total. The van der Waals surface area contributed by atoms with Gasteiger partial charge in [-0.25, -0.2) is 10.8 Å². The smallest absolute Gasteiger partial charge is 0.208 e. The zero-order valence-electron chi connectivity index (χ0n) is 8.75. The van der Waals surface area contributed by atoms with Gasteiger partial charge in [-0.1, -0.05) is 0 Å². The Bertz CT molecular complexity index is 188. The lowest BCUT2D eigenvalue weighted by Crippen LogP contribution is -2.46. The highest BCUT2D eigenvalue weighted by molar-refractivity contribution is 5.80. The summed E-state index contributed by atoms with van der Waals surface area (Å²) in [5.41, 5.74) is 2.68. The highest BCUT2D eigenvalue weighted by Gasteiger charge is 2.22. The van der Waals surface area contributed by atoms with Crippen LogP contribution < -0.4 is 11.3 Å². The number of guanidine groups is 1. The second-order valence-corrected chi connectivity index (χ2v) is 3.88. The highest BCUT2D eigenvalue weighted by Crippen LogP contribution is 2.16. The van der Waals surface area contributed by atoms with Crippen LogP contribution in [0.15, 0.2) is 4.99 Å². The second-order valence-electron chi connectivity index (χ2n) is 3.88. The van der Waals surface area contributed by atoms with Crippen LogP contribution >= 0.6 is 0 Å². The Morgan fingerprint density at radius 2 is 2.31 bits per heavy atom. The van der Waals surface area contributed by atoms with Gasteiger partial charge < -0.3 is 4.90 Å². The first-order chi connectivity index (χ1) is 6.15. The van der Waals surface area contributed by atoms with Crippen LogP contribution in [-0.4, -0.2) is 29.5 Å². The summed E-state index contributed by atoms with van der Waals surface area (Å²) in [5.74, 6) is 6.27. The topological polar surface area (TPSA) is 53.6 Å². The number of aliphatic imine (C=N–C) groups is 1. The Morgan fingerprint density at radius 1 is 1.62 bits per heavy atom. The molecule has 13 heavy (non-hydrogen) atoms. The average Bonchev–Trinajstić information content (AvgIpc) is 2.47. The van der Waals surface area contributed by atoms with Gasteiger partial charge in [-0.2, -0.15) is 0 Å². The fourth-order valence-electron chi connectivity index (χ4n) is 1.69. The molecule has 76 valence electrons. The molecule has 0 saturated carbocycles. The first kappa shape index (κ1) is 10.3. The lowest BCUT2D eigenvalue weighted by molar-refractivity contribution is 0.396. The van der Waals surface area contributed by atoms with Crippen molar-refractivity contribution in [2.24, 2.45) is 10.8 Å². The van der Waals surface area contributed by atoms with Crippen LogP contribution in [0.1, 0.15) is 33.6 Å². The van der Waals surface area contributed by atoms with Crippen molar-refractivity contribution < 1.29 is 0 Å². The summed E-state index contributed by atoms with van der Waals surface area (Å²) in [6, 6.07) is 0.854. The van der Waals surface area contributed by atoms with Gasteiger partial charge in [0.05, 0.1) is 0 Å². The van der Waals surface area contributed by atoms with E-state index in [1.54, 1.807) is 0 Å². The molecule has 1 saturated heterocycles. The standard InChI is InChI=1S/C9H20N4/c1-7(2)11-9(12-10)13-6-4-5-8(13)3/h7-8H,4-6,10H2,1-3H3,(H,11,12). The first-order valence-electron chi connectivity index (χ1n) is 4.96. The van der Waals surface area contributed by atoms with Crippen molar-refractivity contribution >= 4 is 5.96 Å². The fraction of sp³-hybridized carbons (Fsp3) is 0.889. The molecule has 0 radical (unpaired) electrons. The molecule has 0 amide bonds. The maximum Gasteiger partial charge on any atom is 0.208 e. The SMILES string of the molecule is CC(C)N=C(NN)N1CCCC1C. The predicted octanol–water partition coefficient (Wildman–Crippen LogP) is 0.698. The number of nitrogens with two attached hydrogens (primary N) is 1. The van der Waals surface area contributed by atoms with Crippen LogP contribution in [0.5, 0.6) is 0 Å². The van der Waals surface area contributed by atoms with E-state index in [1.807, 2.05) is 0 Å². The summed E-state index contributed by atoms with van der Waals surface area (Å²) in [6.07, 6.45) is 2.47. The number of hydrogen-bond acceptors (Lipinski definition) is 2. The number of hydrogen-bond donors (Lipinski definition) is 2. The van der Waals surface area contributed by atoms with Crippen molar-refractivity contribution in [3.8, 4) is 0 Å². The van der Waals surface area contributed by atoms with Crippen molar-refractivity contribution in [2.75, 3.05) is 6.54 Å². The van der Waals surface area contributed by atoms with Gasteiger partial charge in [0.1, 0.15) is 0 Å². The molecule has 0 spiro atoms. The normalized spacial score (nSPS) is 24.2. The lowest BCUT2D eigenvalue weighted by Gasteiger charge is -2.25. The van der Waals surface area contributed by atoms with Crippen LogP contribution in [0.25, 0.3) is 0 Å². The van der Waals surface area contributed by atoms with Crippen molar-refractivity contribution in [1.29, 1.82) is 0 Å². The molecule has 1 fully saturated rings. The molecule has 4 heteroatoms. The molecule has 0 aromatic carbocycles. The van der Waals surface area contributed by atoms with E-state index in [9.17, 15) is 0 Å². The summed E-state index contributed by atoms with van der Waals surface area (Å²) >= 11 is 0. The largest absolute Gasteiger partial charge is 0.339 e. The molecular formula is C9H20N4. The number of likely N-dealkylation sites (tertiary alicyclic amines) is 1. The van der Waals surface area contributed by atoms with Crippen molar-refractivity contribution in [2.45, 2.75) is 45.7 Å². The Hall–Kier alpha value is -0.770. The maximum atomic E-state index is 5.44. The first-order valence-corrected chi connectivity index (χ1v) is 4.96. The third-order valence-corrected chi connectivity index (χ3v) is 2.33. The van der Waals surface area contributed by atoms with E-state index in [4.69, 9.17) is 5.84 Å². The van der Waals surface area contributed by atoms with E-state index in [0.717, 1.165) is 12.5 Å². The van der Waals surface area contributed by atoms with E-state index in [2.05, 4.69) is 36.1 Å². The van der Waals surface area contributed by atoms with E-state index >= 15 is 0 Å². The molecule has 1 aliphatic rings. The van der Waals surface area contributed by atoms with Gasteiger partial charge in [0, 0.05) is 18.6 Å². The molecular weight excluding hydrogens is 164 g/mol. The average molecular weight is 184 g/mol. The zero-order valence-corrected chi connectivity index (χ0v) is 8.75. The number of rotatable bonds is 1. The minimum atomic E-state index is 0.291. The summed E-state index contributed by atoms with van der Waals surface area (Å²) < 4.78 is 0. The minimum Gasteiger partial charge on any atom is -0.339 e. The van der Waals surface area contributed by atoms with Gasteiger partial charge in [-0.05, 0) is 33.6 Å². The van der Waals surface area contributed by atoms with E-state index < -0.39 is 0 Å². The van der Waals surface area contributed by atoms with Crippen molar-refractivity contribution in [3.63, 3.8) is 0 Å². The van der Waals surface area contributed by atoms with Crippen molar-refractivity contribution in [1.82, 2.24) is 10.3 Å². The van der Waals surface area contributed by atoms with Crippen LogP contribution in [0.2, 0.25) is 0 Å². The molecule has 1 unspecified atom stereocenters. The Morgan fingerprint density at radius 3 is 2.69 bits per heavy atom. The van der Waals surface area contributed by atoms with Gasteiger partial charge in [0.2, 0.25) is 5.96 Å². The van der Waals surface area contributed by atoms with Crippen LogP contribution in [-0.2, 0) is 0 Å². The van der Waals surface area contributed by atoms with Crippen LogP contribution in [0.3, 0.4) is 0 Å².